The SMILES string of the molecule is CC(CO)c1cc(C(=O)CCC2CCC(F)(F)CC2)c2c(Cl)cccn12.COC(=O)c1cc(C2(O)COC2)n2cccc(Cl)c12.COC(=O)c1cc(I)n2cccc(Cl)c12.ClCCCl.NCC1CCC(F)(F)CC1.O=C(CCC1CCC(F)(F)CC1)c1cc(C2(O)COC2)n2cccc(Cl)c12.O=C(O)c1cc(C2(O)COC2)n2cccc(Cl)c12.O=C1COC1.[CH2-]CCC.[Li+].[Na+].[OH-]. The topological polar surface area (TPSA) is 337 Å². The number of ether oxygens (including phenoxy) is 6. The number of halogens is 14. The van der Waals surface area contributed by atoms with Crippen LogP contribution in [0.4, 0.5) is 26.3 Å². The van der Waals surface area contributed by atoms with Crippen molar-refractivity contribution in [3.63, 3.8) is 0 Å². The summed E-state index contributed by atoms with van der Waals surface area (Å²) in [6, 6.07) is 25.7. The molecule has 0 radical (unpaired) electrons. The summed E-state index contributed by atoms with van der Waals surface area (Å²) < 4.78 is 117. The number of hydrogen-bond donors (Lipinski definition) is 6. The Balaban J connectivity index is 0.000000238. The van der Waals surface area contributed by atoms with Crippen LogP contribution in [0.1, 0.15) is 210 Å². The first-order valence-electron chi connectivity index (χ1n) is 41.7. The summed E-state index contributed by atoms with van der Waals surface area (Å²) in [5.41, 5.74) is 9.28. The summed E-state index contributed by atoms with van der Waals surface area (Å²) in [5, 5.41) is 52.3. The number of nitrogens with zero attached hydrogens (tertiary/aromatic N) is 5. The summed E-state index contributed by atoms with van der Waals surface area (Å²) >= 11 is 43.1. The number of rotatable bonds is 19. The number of carboxylic acid groups (broad SMARTS) is 1. The molecule has 10 aromatic heterocycles. The van der Waals surface area contributed by atoms with E-state index < -0.39 is 46.5 Å². The van der Waals surface area contributed by atoms with Crippen molar-refractivity contribution in [3.8, 4) is 0 Å². The number of methoxy groups -OCH3 is 2. The largest absolute Gasteiger partial charge is 1.00 e. The molecular weight excluding hydrogens is 1980 g/mol. The van der Waals surface area contributed by atoms with Crippen LogP contribution in [0.2, 0.25) is 25.1 Å². The first-order valence-corrected chi connectivity index (χ1v) is 45.7. The normalized spacial score (nSPS) is 17.8. The second kappa shape index (κ2) is 52.0. The fourth-order valence-electron chi connectivity index (χ4n) is 15.3. The fraction of sp³-hybridized carbons (Fsp3) is 0.484. The molecule has 14 heterocycles. The summed E-state index contributed by atoms with van der Waals surface area (Å²) in [6.45, 7) is 9.91. The molecule has 0 aromatic carbocycles. The number of alkyl halides is 8. The Kier molecular flexibility index (Phi) is 45.4. The van der Waals surface area contributed by atoms with Crippen molar-refractivity contribution in [2.45, 2.75) is 170 Å². The molecule has 17 rings (SSSR count). The number of aliphatic hydroxyl groups excluding tert-OH is 1. The molecule has 1 unspecified atom stereocenters. The molecule has 708 valence electrons. The van der Waals surface area contributed by atoms with Crippen LogP contribution in [0.15, 0.2) is 122 Å². The van der Waals surface area contributed by atoms with Crippen LogP contribution in [0.25, 0.3) is 27.6 Å². The van der Waals surface area contributed by atoms with Gasteiger partial charge in [0.2, 0.25) is 17.8 Å². The number of unbranched alkanes of at least 4 members (excludes halogenated alkanes) is 1. The molecule has 0 amide bonds. The molecule has 3 saturated carbocycles. The number of Topliss-reactive ketones (excluding diaryl/α,β-unsaturated/α-hetero) is 3. The van der Waals surface area contributed by atoms with Gasteiger partial charge in [-0.1, -0.05) is 78.3 Å². The van der Waals surface area contributed by atoms with Crippen LogP contribution in [-0.2, 0) is 50.0 Å². The number of aliphatic hydroxyl groups is 4. The van der Waals surface area contributed by atoms with Crippen LogP contribution in [0, 0.1) is 28.4 Å². The van der Waals surface area contributed by atoms with E-state index in [1.54, 1.807) is 111 Å². The molecule has 8 N–H and O–H groups in total. The summed E-state index contributed by atoms with van der Waals surface area (Å²) in [5.74, 6) is -7.64. The van der Waals surface area contributed by atoms with E-state index >= 15 is 0 Å². The van der Waals surface area contributed by atoms with Gasteiger partial charge in [-0.25, -0.2) is 40.7 Å². The van der Waals surface area contributed by atoms with Gasteiger partial charge in [0.25, 0.3) is 0 Å². The van der Waals surface area contributed by atoms with E-state index in [-0.39, 0.29) is 192 Å². The number of ketones is 3. The quantitative estimate of drug-likeness (QED) is 0.00833. The minimum Gasteiger partial charge on any atom is -0.870 e. The summed E-state index contributed by atoms with van der Waals surface area (Å²) in [6.07, 6.45) is 15.8. The Hall–Kier alpha value is -5.24. The molecule has 24 nitrogen and oxygen atoms in total. The van der Waals surface area contributed by atoms with E-state index in [4.69, 9.17) is 111 Å². The van der Waals surface area contributed by atoms with Gasteiger partial charge in [-0.3, -0.25) is 14.4 Å². The minimum absolute atomic E-state index is 0. The third-order valence-corrected chi connectivity index (χ3v) is 25.9. The Morgan fingerprint density at radius 2 is 0.809 bits per heavy atom. The van der Waals surface area contributed by atoms with Gasteiger partial charge >= 0.3 is 66.3 Å². The van der Waals surface area contributed by atoms with Gasteiger partial charge in [0.15, 0.2) is 34.2 Å². The number of carbonyl (C=O) groups is 6. The van der Waals surface area contributed by atoms with E-state index in [1.165, 1.54) is 26.7 Å². The Morgan fingerprint density at radius 3 is 1.11 bits per heavy atom. The van der Waals surface area contributed by atoms with Crippen molar-refractivity contribution in [3.05, 3.63) is 208 Å². The van der Waals surface area contributed by atoms with Crippen molar-refractivity contribution >= 4 is 167 Å². The number of hydrogen-bond acceptors (Lipinski definition) is 18. The monoisotopic (exact) mass is 2090 g/mol. The van der Waals surface area contributed by atoms with E-state index in [2.05, 4.69) is 41.2 Å². The molecule has 0 spiro atoms. The molecule has 7 aliphatic rings. The summed E-state index contributed by atoms with van der Waals surface area (Å²) in [7, 11) is 2.67. The van der Waals surface area contributed by atoms with Crippen LogP contribution >= 0.6 is 104 Å². The fourth-order valence-corrected chi connectivity index (χ4v) is 17.3. The van der Waals surface area contributed by atoms with E-state index in [0.717, 1.165) is 15.8 Å². The van der Waals surface area contributed by atoms with Gasteiger partial charge in [-0.15, -0.1) is 23.2 Å². The first-order chi connectivity index (χ1) is 60.7. The van der Waals surface area contributed by atoms with Crippen LogP contribution in [-0.4, -0.2) is 198 Å². The predicted molar refractivity (Wildman–Crippen MR) is 490 cm³/mol. The second-order valence-electron chi connectivity index (χ2n) is 32.3. The van der Waals surface area contributed by atoms with Crippen molar-refractivity contribution < 1.29 is 163 Å². The van der Waals surface area contributed by atoms with E-state index in [1.807, 2.05) is 34.2 Å². The molecule has 40 heteroatoms. The van der Waals surface area contributed by atoms with Crippen molar-refractivity contribution in [2.24, 2.45) is 23.5 Å². The standard InChI is InChI=1S/C20H22ClF2NO3.C20H24ClF2NO2.C13H12ClNO4.C12H10ClNO4.C10H7ClINO2.C7H13F2N.C4H9.C3H4O2.C2H4Cl2.Li.Na.H2O/c21-15-2-1-9-24-17(19(26)11-27-12-19)10-14(18(15)24)16(25)4-3-13-5-7-20(22,23)8-6-13;1-13(12-25)17-11-15(19-16(21)3-2-10-24(17)19)18(26)5-4-14-6-8-20(22,23)9-7-14;1-18-12(16)8-5-10(13(17)6-19-7-13)15-4-2-3-9(14)11(8)15;13-8-2-1-3-14-9(12(17)5-18-6-12)4-7(10(8)14)11(15)16;1-15-10(14)6-5-8(12)13-4-2-3-7(11)9(6)13;8-7(9)3-1-6(5-10)2-4-7;1-3-4-2;4-3-1-5-2-3;3-1-2-4;;;/h1-2,9-10,13,26H,3-8,11-12H2;2-3,10-11,13-14,25H,4-9,12H2,1H3;2-5,17H,6-7H2,1H3;1-4,17H,5-6H2,(H,15,16);2-5H,1H3;6H,1-5,10H2;1,3-4H2,2H3;1-2H2;1-2H2;;;1H2/q;;;;;;-1;;;2*+1;/p-1. The van der Waals surface area contributed by atoms with Crippen molar-refractivity contribution in [2.75, 3.05) is 92.0 Å². The zero-order valence-corrected chi connectivity index (χ0v) is 82.9. The predicted octanol–water partition coefficient (Wildman–Crippen LogP) is 14.4. The number of pyridine rings is 5. The number of carboxylic acids is 1. The molecule has 3 aliphatic carbocycles. The molecule has 4 saturated heterocycles. The Labute approximate surface area is 837 Å². The molecular formula is C91H106Cl7F6ILiN6NaO18. The zero-order chi connectivity index (χ0) is 93.8. The zero-order valence-electron chi connectivity index (χ0n) is 73.5. The average molecular weight is 2090 g/mol. The molecule has 10 aromatic rings. The molecule has 7 fully saturated rings. The van der Waals surface area contributed by atoms with Crippen LogP contribution < -0.4 is 54.2 Å². The van der Waals surface area contributed by atoms with Crippen molar-refractivity contribution in [1.29, 1.82) is 0 Å². The average Bonchev–Trinajstić information content (AvgIpc) is 1.60. The maximum absolute atomic E-state index is 13.3. The van der Waals surface area contributed by atoms with Gasteiger partial charge in [-0.05, 0) is 189 Å². The van der Waals surface area contributed by atoms with Crippen LogP contribution in [0.3, 0.4) is 0 Å². The number of carbonyl (C=O) groups excluding carboxylic acids is 5. The maximum Gasteiger partial charge on any atom is 1.00 e. The Morgan fingerprint density at radius 1 is 0.519 bits per heavy atom. The third-order valence-electron chi connectivity index (χ3n) is 22.9. The molecule has 4 aliphatic heterocycles. The van der Waals surface area contributed by atoms with Crippen molar-refractivity contribution in [1.82, 2.24) is 22.0 Å². The number of aromatic nitrogens is 5. The minimum atomic E-state index is -2.55. The Bertz CT molecular complexity index is 5460. The molecule has 131 heavy (non-hydrogen) atoms. The summed E-state index contributed by atoms with van der Waals surface area (Å²) in [4.78, 5) is 70.0. The van der Waals surface area contributed by atoms with Gasteiger partial charge in [0.05, 0.1) is 151 Å². The smallest absolute Gasteiger partial charge is 0.870 e. The van der Waals surface area contributed by atoms with Gasteiger partial charge < -0.3 is 94.1 Å². The van der Waals surface area contributed by atoms with E-state index in [9.17, 15) is 80.6 Å². The number of nitrogens with two attached hydrogens (primary N) is 1. The molecule has 0 bridgehead atoms. The molecule has 1 atom stereocenters. The number of esters is 2. The third kappa shape index (κ3) is 29.4. The number of fused-ring (bicyclic) bond motifs is 5. The second-order valence-corrected chi connectivity index (χ2v) is 36.2. The maximum atomic E-state index is 13.3. The van der Waals surface area contributed by atoms with Gasteiger partial charge in [0, 0.05) is 117 Å². The first kappa shape index (κ1) is 114. The van der Waals surface area contributed by atoms with Gasteiger partial charge in [0.1, 0.15) is 13.2 Å². The van der Waals surface area contributed by atoms with Crippen LogP contribution in [0.5, 0.6) is 0 Å². The van der Waals surface area contributed by atoms with Gasteiger partial charge in [-0.2, -0.15) is 6.42 Å². The van der Waals surface area contributed by atoms with E-state index in [0.29, 0.717) is 187 Å². The number of aromatic carboxylic acids is 1.